The predicted molar refractivity (Wildman–Crippen MR) is 181 cm³/mol. The van der Waals surface area contributed by atoms with Crippen molar-refractivity contribution in [3.63, 3.8) is 0 Å². The largest absolute Gasteiger partial charge is 0.450 e. The Morgan fingerprint density at radius 3 is 1.68 bits per heavy atom. The summed E-state index contributed by atoms with van der Waals surface area (Å²) in [5.41, 5.74) is 1.68. The van der Waals surface area contributed by atoms with Crippen LogP contribution in [-0.2, 0) is 26.8 Å². The molecule has 0 bridgehead atoms. The number of hydrogen-bond acceptors (Lipinski definition) is 12. The highest BCUT2D eigenvalue weighted by atomic mass is 31.2. The summed E-state index contributed by atoms with van der Waals surface area (Å²) < 4.78 is 36.2. The van der Waals surface area contributed by atoms with Crippen molar-refractivity contribution in [3.05, 3.63) is 127 Å². The van der Waals surface area contributed by atoms with Gasteiger partial charge >= 0.3 is 19.1 Å². The zero-order chi connectivity index (χ0) is 36.4. The van der Waals surface area contributed by atoms with Crippen LogP contribution in [0.3, 0.4) is 0 Å². The number of aliphatic hydroxyl groups is 1. The van der Waals surface area contributed by atoms with Crippen molar-refractivity contribution in [1.82, 2.24) is 4.67 Å². The smallest absolute Gasteiger partial charge is 0.408 e. The lowest BCUT2D eigenvalue weighted by Crippen LogP contribution is -2.25. The molecule has 0 amide bonds. The Morgan fingerprint density at radius 2 is 1.26 bits per heavy atom. The molecular weight excluding hydrogens is 673 g/mol. The summed E-state index contributed by atoms with van der Waals surface area (Å²) in [4.78, 5) is 43.8. The quantitative estimate of drug-likeness (QED) is 0.0652. The number of ether oxygens (including phenoxy) is 2. The Hall–Kier alpha value is -5.31. The molecule has 50 heavy (non-hydrogen) atoms. The van der Waals surface area contributed by atoms with Crippen LogP contribution < -0.4 is 9.47 Å². The van der Waals surface area contributed by atoms with Crippen molar-refractivity contribution in [2.45, 2.75) is 33.5 Å². The first-order valence-electron chi connectivity index (χ1n) is 15.1. The molecule has 1 heterocycles. The van der Waals surface area contributed by atoms with Gasteiger partial charge in [-0.2, -0.15) is 0 Å². The number of benzene rings is 4. The van der Waals surface area contributed by atoms with Crippen LogP contribution >= 0.6 is 7.75 Å². The molecule has 0 saturated carbocycles. The Balaban J connectivity index is 0.000000237. The first kappa shape index (κ1) is 37.5. The Morgan fingerprint density at radius 1 is 0.800 bits per heavy atom. The maximum Gasteiger partial charge on any atom is 0.408 e. The molecule has 4 aromatic carbocycles. The van der Waals surface area contributed by atoms with E-state index in [1.165, 1.54) is 54.9 Å². The van der Waals surface area contributed by atoms with E-state index in [1.54, 1.807) is 55.6 Å². The first-order valence-corrected chi connectivity index (χ1v) is 16.6. The fraction of sp³-hybridized carbons (Fsp3) is 0.235. The van der Waals surface area contributed by atoms with Gasteiger partial charge in [-0.25, -0.2) is 9.24 Å². The molecule has 15 nitrogen and oxygen atoms in total. The molecule has 1 aliphatic heterocycles. The lowest BCUT2D eigenvalue weighted by molar-refractivity contribution is -0.385. The van der Waals surface area contributed by atoms with E-state index in [9.17, 15) is 34.4 Å². The molecule has 262 valence electrons. The molecule has 1 aliphatic rings. The van der Waals surface area contributed by atoms with Crippen molar-refractivity contribution < 1.29 is 47.6 Å². The van der Waals surface area contributed by atoms with Gasteiger partial charge in [0.25, 0.3) is 0 Å². The maximum absolute atomic E-state index is 12.7. The van der Waals surface area contributed by atoms with Crippen LogP contribution in [0.15, 0.2) is 84.9 Å². The summed E-state index contributed by atoms with van der Waals surface area (Å²) >= 11 is 0. The van der Waals surface area contributed by atoms with Crippen LogP contribution in [0.25, 0.3) is 0 Å². The van der Waals surface area contributed by atoms with Crippen LogP contribution in [-0.4, -0.2) is 51.4 Å². The summed E-state index contributed by atoms with van der Waals surface area (Å²) in [6, 6.07) is 21.0. The van der Waals surface area contributed by atoms with Crippen molar-refractivity contribution >= 4 is 30.7 Å². The highest BCUT2D eigenvalue weighted by Gasteiger charge is 2.34. The van der Waals surface area contributed by atoms with Crippen molar-refractivity contribution in [1.29, 1.82) is 0 Å². The Bertz CT molecular complexity index is 1920. The monoisotopic (exact) mass is 707 g/mol. The fourth-order valence-electron chi connectivity index (χ4n) is 4.53. The van der Waals surface area contributed by atoms with E-state index in [0.717, 1.165) is 6.42 Å². The molecule has 1 saturated heterocycles. The molecule has 0 aliphatic carbocycles. The second-order valence-electron chi connectivity index (χ2n) is 11.0. The number of rotatable bonds is 12. The molecule has 5 rings (SSSR count). The van der Waals surface area contributed by atoms with E-state index >= 15 is 0 Å². The summed E-state index contributed by atoms with van der Waals surface area (Å²) in [6.07, 6.45) is 0.766. The normalized spacial score (nSPS) is 15.7. The van der Waals surface area contributed by atoms with Gasteiger partial charge in [-0.15, -0.1) is 0 Å². The van der Waals surface area contributed by atoms with Gasteiger partial charge in [-0.05, 0) is 111 Å². The number of nitro groups is 2. The molecule has 0 spiro atoms. The Labute approximate surface area is 286 Å². The van der Waals surface area contributed by atoms with E-state index in [0.29, 0.717) is 46.9 Å². The van der Waals surface area contributed by atoms with Crippen LogP contribution in [0.4, 0.5) is 11.4 Å². The molecule has 1 fully saturated rings. The number of nitro benzene ring substituents is 2. The van der Waals surface area contributed by atoms with E-state index < -0.39 is 17.6 Å². The summed E-state index contributed by atoms with van der Waals surface area (Å²) in [7, 11) is -1.71. The minimum absolute atomic E-state index is 0.0166. The van der Waals surface area contributed by atoms with Crippen molar-refractivity contribution in [2.75, 3.05) is 20.2 Å². The zero-order valence-electron chi connectivity index (χ0n) is 27.3. The van der Waals surface area contributed by atoms with Crippen molar-refractivity contribution in [2.24, 2.45) is 0 Å². The predicted octanol–water partition coefficient (Wildman–Crippen LogP) is 7.65. The number of Topliss-reactive ketones (excluding diaryl/α,β-unsaturated/α-hetero) is 2. The van der Waals surface area contributed by atoms with Gasteiger partial charge in [-0.3, -0.25) is 38.9 Å². The van der Waals surface area contributed by atoms with Crippen LogP contribution in [0, 0.1) is 20.2 Å². The standard InChI is InChI=1S/C19H21N2O7P.C15H13NO5/c1-14(22)16-5-7-17(8-6-16)28-19-12-15(4-9-18(19)21(23)24)13-27-29(25)20(2)10-3-11-26-29;1-10(18)12-3-5-13(6-4-12)21-15-8-11(9-17)2-7-14(15)16(19)20/h4-9,12H,3,10-11,13H2,1-2H3;2-8,17H,9H2,1H3. The molecule has 4 aromatic rings. The maximum atomic E-state index is 12.7. The number of carbonyl (C=O) groups is 2. The van der Waals surface area contributed by atoms with Crippen molar-refractivity contribution in [3.8, 4) is 23.0 Å². The Kier molecular flexibility index (Phi) is 12.7. The summed E-state index contributed by atoms with van der Waals surface area (Å²) in [6.45, 7) is 3.56. The molecule has 1 atom stereocenters. The molecule has 1 N–H and O–H groups in total. The number of ketones is 2. The van der Waals surface area contributed by atoms with E-state index in [-0.39, 0.29) is 47.7 Å². The average molecular weight is 708 g/mol. The third kappa shape index (κ3) is 9.87. The lowest BCUT2D eigenvalue weighted by Gasteiger charge is -2.30. The second-order valence-corrected chi connectivity index (χ2v) is 13.1. The minimum atomic E-state index is -3.37. The topological polar surface area (TPSA) is 198 Å². The van der Waals surface area contributed by atoms with E-state index in [2.05, 4.69) is 0 Å². The number of aliphatic hydroxyl groups excluding tert-OH is 1. The SMILES string of the molecule is CC(=O)c1ccc(Oc2cc(CO)ccc2[N+](=O)[O-])cc1.CC(=O)c1ccc(Oc2cc(COP3(=O)OCCCN3C)ccc2[N+](=O)[O-])cc1. The third-order valence-corrected chi connectivity index (χ3v) is 9.30. The average Bonchev–Trinajstić information content (AvgIpc) is 3.09. The van der Waals surface area contributed by atoms with Crippen LogP contribution in [0.2, 0.25) is 0 Å². The zero-order valence-corrected chi connectivity index (χ0v) is 28.2. The molecule has 16 heteroatoms. The van der Waals surface area contributed by atoms with Gasteiger partial charge < -0.3 is 14.6 Å². The van der Waals surface area contributed by atoms with E-state index in [4.69, 9.17) is 23.6 Å². The third-order valence-electron chi connectivity index (χ3n) is 7.29. The van der Waals surface area contributed by atoms with Crippen LogP contribution in [0.1, 0.15) is 52.1 Å². The van der Waals surface area contributed by atoms with Crippen LogP contribution in [0.5, 0.6) is 23.0 Å². The lowest BCUT2D eigenvalue weighted by atomic mass is 10.1. The van der Waals surface area contributed by atoms with Gasteiger partial charge in [0.1, 0.15) is 11.5 Å². The molecule has 0 aromatic heterocycles. The van der Waals surface area contributed by atoms with Gasteiger partial charge in [0.15, 0.2) is 11.6 Å². The fourth-order valence-corrected chi connectivity index (χ4v) is 6.05. The summed E-state index contributed by atoms with van der Waals surface area (Å²) in [5.74, 6) is 0.615. The van der Waals surface area contributed by atoms with Gasteiger partial charge in [-0.1, -0.05) is 0 Å². The highest BCUT2D eigenvalue weighted by molar-refractivity contribution is 7.51. The van der Waals surface area contributed by atoms with Gasteiger partial charge in [0, 0.05) is 29.8 Å². The molecular formula is C34H34N3O12P. The molecule has 0 radical (unpaired) electrons. The number of nitrogens with zero attached hydrogens (tertiary/aromatic N) is 3. The number of carbonyl (C=O) groups excluding carboxylic acids is 2. The summed E-state index contributed by atoms with van der Waals surface area (Å²) in [5, 5.41) is 31.4. The van der Waals surface area contributed by atoms with E-state index in [1.807, 2.05) is 0 Å². The second kappa shape index (κ2) is 16.9. The first-order chi connectivity index (χ1) is 23.8. The van der Waals surface area contributed by atoms with Gasteiger partial charge in [0.05, 0.1) is 29.7 Å². The highest BCUT2D eigenvalue weighted by Crippen LogP contribution is 2.53. The molecule has 1 unspecified atom stereocenters. The number of hydrogen-bond donors (Lipinski definition) is 1. The minimum Gasteiger partial charge on any atom is -0.450 e. The van der Waals surface area contributed by atoms with Gasteiger partial charge in [0.2, 0.25) is 11.5 Å².